The van der Waals surface area contributed by atoms with E-state index in [4.69, 9.17) is 15.2 Å². The molecule has 7 unspecified atom stereocenters. The van der Waals surface area contributed by atoms with Crippen LogP contribution in [-0.4, -0.2) is 91.2 Å². The number of hydrogen-bond acceptors (Lipinski definition) is 8. The van der Waals surface area contributed by atoms with E-state index >= 15 is 0 Å². The number of aromatic nitrogens is 1. The molecule has 2 heterocycles. The van der Waals surface area contributed by atoms with Crippen LogP contribution in [-0.2, 0) is 23.9 Å². The maximum atomic E-state index is 13.8. The van der Waals surface area contributed by atoms with Gasteiger partial charge in [0.15, 0.2) is 0 Å². The first-order valence-electron chi connectivity index (χ1n) is 15.5. The number of nitrogens with two attached hydrogens (primary N) is 1. The van der Waals surface area contributed by atoms with Crippen molar-refractivity contribution in [3.05, 3.63) is 40.4 Å². The summed E-state index contributed by atoms with van der Waals surface area (Å²) in [6.07, 6.45) is 12.5. The minimum Gasteiger partial charge on any atom is -0.379 e. The fourth-order valence-corrected chi connectivity index (χ4v) is 7.12. The number of nitrogens with one attached hydrogen (secondary N) is 1. The Labute approximate surface area is 261 Å². The molecule has 1 fully saturated rings. The summed E-state index contributed by atoms with van der Waals surface area (Å²) < 4.78 is 11.8. The number of rotatable bonds is 16. The number of likely N-dealkylation sites (tertiary alicyclic amines) is 1. The predicted molar refractivity (Wildman–Crippen MR) is 169 cm³/mol. The largest absolute Gasteiger partial charge is 0.379 e. The molecular weight excluding hydrogens is 566 g/mol. The quantitative estimate of drug-likeness (QED) is 0.289. The number of carbonyl (C=O) groups is 3. The Morgan fingerprint density at radius 2 is 2.00 bits per heavy atom. The Morgan fingerprint density at radius 1 is 1.23 bits per heavy atom. The highest BCUT2D eigenvalue weighted by Gasteiger charge is 2.42. The Kier molecular flexibility index (Phi) is 13.8. The van der Waals surface area contributed by atoms with E-state index in [1.165, 1.54) is 16.9 Å². The summed E-state index contributed by atoms with van der Waals surface area (Å²) in [5.41, 5.74) is 6.85. The Bertz CT molecular complexity index is 1110. The summed E-state index contributed by atoms with van der Waals surface area (Å²) in [5, 5.41) is 6.03. The van der Waals surface area contributed by atoms with E-state index in [1.54, 1.807) is 32.4 Å². The lowest BCUT2D eigenvalue weighted by molar-refractivity contribution is -0.145. The minimum atomic E-state index is -0.499. The van der Waals surface area contributed by atoms with Crippen molar-refractivity contribution < 1.29 is 23.9 Å². The average molecular weight is 618 g/mol. The van der Waals surface area contributed by atoms with Crippen LogP contribution in [0.1, 0.15) is 76.8 Å². The zero-order chi connectivity index (χ0) is 31.5. The SMILES string of the molecule is CCC(C)C(C(CC(=O)N1CCCC1C(OC)C(C)C(=O)NC(CC1=CCCC=C1)c1nccs1)OC)N(C)C(=O)CN. The van der Waals surface area contributed by atoms with Gasteiger partial charge in [-0.05, 0) is 43.6 Å². The molecule has 0 bridgehead atoms. The number of carbonyl (C=O) groups excluding carboxylic acids is 3. The molecule has 1 aromatic heterocycles. The third kappa shape index (κ3) is 8.97. The van der Waals surface area contributed by atoms with Gasteiger partial charge in [-0.3, -0.25) is 14.4 Å². The third-order valence-electron chi connectivity index (χ3n) is 9.06. The molecule has 0 radical (unpaired) electrons. The first-order valence-corrected chi connectivity index (χ1v) is 16.4. The molecule has 1 saturated heterocycles. The topological polar surface area (TPSA) is 127 Å². The lowest BCUT2D eigenvalue weighted by atomic mass is 9.90. The number of allylic oxidation sites excluding steroid dienone is 3. The van der Waals surface area contributed by atoms with Gasteiger partial charge in [0.05, 0.1) is 49.2 Å². The van der Waals surface area contributed by atoms with Crippen molar-refractivity contribution in [1.29, 1.82) is 0 Å². The fourth-order valence-electron chi connectivity index (χ4n) is 6.43. The number of methoxy groups -OCH3 is 2. The molecule has 1 aliphatic carbocycles. The minimum absolute atomic E-state index is 0.0670. The lowest BCUT2D eigenvalue weighted by Gasteiger charge is -2.39. The molecule has 0 spiro atoms. The van der Waals surface area contributed by atoms with Crippen molar-refractivity contribution in [1.82, 2.24) is 20.1 Å². The van der Waals surface area contributed by atoms with Crippen LogP contribution < -0.4 is 11.1 Å². The number of thiazole rings is 1. The summed E-state index contributed by atoms with van der Waals surface area (Å²) in [6.45, 7) is 6.47. The van der Waals surface area contributed by atoms with Crippen LogP contribution in [0.25, 0.3) is 0 Å². The summed E-state index contributed by atoms with van der Waals surface area (Å²) in [7, 11) is 4.91. The van der Waals surface area contributed by atoms with Gasteiger partial charge in [0.25, 0.3) is 0 Å². The Hall–Kier alpha value is -2.60. The van der Waals surface area contributed by atoms with Gasteiger partial charge in [0, 0.05) is 39.4 Å². The Morgan fingerprint density at radius 3 is 2.58 bits per heavy atom. The molecule has 1 aliphatic heterocycles. The van der Waals surface area contributed by atoms with Crippen LogP contribution >= 0.6 is 11.3 Å². The number of hydrogen-bond donors (Lipinski definition) is 2. The molecule has 0 aromatic carbocycles. The van der Waals surface area contributed by atoms with Gasteiger partial charge < -0.3 is 30.3 Å². The zero-order valence-electron chi connectivity index (χ0n) is 26.7. The molecule has 7 atom stereocenters. The lowest BCUT2D eigenvalue weighted by Crippen LogP contribution is -2.54. The van der Waals surface area contributed by atoms with E-state index in [2.05, 4.69) is 42.4 Å². The summed E-state index contributed by atoms with van der Waals surface area (Å²) >= 11 is 1.53. The second kappa shape index (κ2) is 17.0. The second-order valence-corrected chi connectivity index (χ2v) is 12.7. The van der Waals surface area contributed by atoms with Crippen LogP contribution in [0.4, 0.5) is 0 Å². The smallest absolute Gasteiger partial charge is 0.236 e. The molecule has 3 rings (SSSR count). The molecule has 11 heteroatoms. The van der Waals surface area contributed by atoms with E-state index < -0.39 is 18.1 Å². The average Bonchev–Trinajstić information content (AvgIpc) is 3.74. The van der Waals surface area contributed by atoms with E-state index in [0.717, 1.165) is 37.1 Å². The van der Waals surface area contributed by atoms with Crippen molar-refractivity contribution in [2.24, 2.45) is 17.6 Å². The van der Waals surface area contributed by atoms with E-state index in [-0.39, 0.29) is 54.7 Å². The monoisotopic (exact) mass is 617 g/mol. The predicted octanol–water partition coefficient (Wildman–Crippen LogP) is 3.85. The van der Waals surface area contributed by atoms with Gasteiger partial charge in [0.2, 0.25) is 17.7 Å². The van der Waals surface area contributed by atoms with Crippen molar-refractivity contribution in [3.63, 3.8) is 0 Å². The Balaban J connectivity index is 1.73. The molecule has 3 amide bonds. The second-order valence-electron chi connectivity index (χ2n) is 11.7. The number of amides is 3. The summed E-state index contributed by atoms with van der Waals surface area (Å²) in [6, 6.07) is -0.782. The van der Waals surface area contributed by atoms with Gasteiger partial charge in [-0.2, -0.15) is 0 Å². The number of likely N-dealkylation sites (N-methyl/N-ethyl adjacent to an activating group) is 1. The third-order valence-corrected chi connectivity index (χ3v) is 9.95. The molecule has 2 aliphatic rings. The molecule has 1 aromatic rings. The molecule has 0 saturated carbocycles. The van der Waals surface area contributed by atoms with E-state index in [1.807, 2.05) is 17.2 Å². The van der Waals surface area contributed by atoms with Gasteiger partial charge in [-0.15, -0.1) is 11.3 Å². The standard InChI is InChI=1S/C32H51N5O5S/c1-7-21(2)29(36(4)28(39)20-33)26(41-5)19-27(38)37-16-11-14-25(37)30(42-6)22(3)31(40)35-24(32-34-15-17-43-32)18-23-12-9-8-10-13-23/h9,12-13,15,17,21-22,24-26,29-30H,7-8,10-11,14,16,18-20,33H2,1-6H3,(H,35,40). The van der Waals surface area contributed by atoms with Crippen LogP contribution in [0.3, 0.4) is 0 Å². The van der Waals surface area contributed by atoms with E-state index in [9.17, 15) is 14.4 Å². The van der Waals surface area contributed by atoms with Crippen LogP contribution in [0, 0.1) is 11.8 Å². The van der Waals surface area contributed by atoms with Crippen LogP contribution in [0.5, 0.6) is 0 Å². The highest BCUT2D eigenvalue weighted by Crippen LogP contribution is 2.31. The molecule has 43 heavy (non-hydrogen) atoms. The summed E-state index contributed by atoms with van der Waals surface area (Å²) in [4.78, 5) is 48.0. The van der Waals surface area contributed by atoms with Crippen LogP contribution in [0.2, 0.25) is 0 Å². The molecule has 3 N–H and O–H groups in total. The van der Waals surface area contributed by atoms with Crippen molar-refractivity contribution in [3.8, 4) is 0 Å². The highest BCUT2D eigenvalue weighted by atomic mass is 32.1. The van der Waals surface area contributed by atoms with Crippen molar-refractivity contribution >= 4 is 29.1 Å². The molecule has 10 nitrogen and oxygen atoms in total. The van der Waals surface area contributed by atoms with Gasteiger partial charge in [-0.25, -0.2) is 4.98 Å². The van der Waals surface area contributed by atoms with Crippen LogP contribution in [0.15, 0.2) is 35.4 Å². The summed E-state index contributed by atoms with van der Waals surface area (Å²) in [5.74, 6) is -0.775. The molecular formula is C32H51N5O5S. The molecule has 240 valence electrons. The van der Waals surface area contributed by atoms with Gasteiger partial charge in [0.1, 0.15) is 5.01 Å². The van der Waals surface area contributed by atoms with Crippen molar-refractivity contribution in [2.75, 3.05) is 34.4 Å². The number of ether oxygens (including phenoxy) is 2. The van der Waals surface area contributed by atoms with Gasteiger partial charge in [-0.1, -0.05) is 45.4 Å². The van der Waals surface area contributed by atoms with E-state index in [0.29, 0.717) is 13.0 Å². The zero-order valence-corrected chi connectivity index (χ0v) is 27.5. The number of nitrogens with zero attached hydrogens (tertiary/aromatic N) is 3. The fraction of sp³-hybridized carbons (Fsp3) is 0.688. The van der Waals surface area contributed by atoms with Crippen molar-refractivity contribution in [2.45, 2.75) is 96.1 Å². The first-order chi connectivity index (χ1) is 20.7. The maximum absolute atomic E-state index is 13.8. The normalized spacial score (nSPS) is 21.0. The first kappa shape index (κ1) is 34.9. The highest BCUT2D eigenvalue weighted by molar-refractivity contribution is 7.09. The maximum Gasteiger partial charge on any atom is 0.236 e. The van der Waals surface area contributed by atoms with Gasteiger partial charge >= 0.3 is 0 Å².